The normalized spacial score (nSPS) is 18.9. The minimum Gasteiger partial charge on any atom is -0.335 e. The van der Waals surface area contributed by atoms with Crippen molar-refractivity contribution >= 4 is 28.6 Å². The summed E-state index contributed by atoms with van der Waals surface area (Å²) in [7, 11) is 0. The number of hydrogen-bond donors (Lipinski definition) is 0. The Labute approximate surface area is 133 Å². The van der Waals surface area contributed by atoms with E-state index in [0.29, 0.717) is 6.04 Å². The molecule has 2 aromatic rings. The van der Waals surface area contributed by atoms with Gasteiger partial charge in [0, 0.05) is 17.5 Å². The zero-order valence-corrected chi connectivity index (χ0v) is 13.9. The molecule has 0 N–H and O–H groups in total. The molecule has 3 rings (SSSR count). The van der Waals surface area contributed by atoms with Gasteiger partial charge in [0.15, 0.2) is 0 Å². The quantitative estimate of drug-likeness (QED) is 0.848. The molecule has 1 unspecified atom stereocenters. The third-order valence-electron chi connectivity index (χ3n) is 4.02. The van der Waals surface area contributed by atoms with Gasteiger partial charge in [-0.3, -0.25) is 4.79 Å². The second-order valence-corrected chi connectivity index (χ2v) is 7.78. The number of nitrogens with zero attached hydrogens (tertiary/aromatic N) is 2. The Kier molecular flexibility index (Phi) is 4.70. The summed E-state index contributed by atoms with van der Waals surface area (Å²) in [5.74, 6) is 0.177. The summed E-state index contributed by atoms with van der Waals surface area (Å²) in [6.07, 6.45) is 7.37. The third-order valence-corrected chi connectivity index (χ3v) is 5.86. The lowest BCUT2D eigenvalue weighted by Gasteiger charge is -2.35. The molecule has 1 saturated heterocycles. The topological polar surface area (TPSA) is 33.2 Å². The molecule has 21 heavy (non-hydrogen) atoms. The van der Waals surface area contributed by atoms with Gasteiger partial charge >= 0.3 is 0 Å². The molecule has 112 valence electrons. The molecule has 2 aromatic heterocycles. The molecular formula is C16H20N2OS2. The summed E-state index contributed by atoms with van der Waals surface area (Å²) in [6, 6.07) is 4.67. The lowest BCUT2D eigenvalue weighted by Crippen LogP contribution is -2.43. The van der Waals surface area contributed by atoms with Gasteiger partial charge in [-0.2, -0.15) is 0 Å². The van der Waals surface area contributed by atoms with Crippen LogP contribution in [0.3, 0.4) is 0 Å². The van der Waals surface area contributed by atoms with Crippen molar-refractivity contribution in [2.75, 3.05) is 6.54 Å². The molecule has 5 heteroatoms. The number of aromatic nitrogens is 1. The Morgan fingerprint density at radius 3 is 3.10 bits per heavy atom. The van der Waals surface area contributed by atoms with Crippen molar-refractivity contribution < 1.29 is 4.79 Å². The number of rotatable bonds is 4. The highest BCUT2D eigenvalue weighted by atomic mass is 32.1. The smallest absolute Gasteiger partial charge is 0.265 e. The summed E-state index contributed by atoms with van der Waals surface area (Å²) in [6.45, 7) is 2.84. The van der Waals surface area contributed by atoms with Gasteiger partial charge in [-0.15, -0.1) is 22.7 Å². The number of carbonyl (C=O) groups is 1. The van der Waals surface area contributed by atoms with Crippen LogP contribution in [0.1, 0.15) is 45.2 Å². The summed E-state index contributed by atoms with van der Waals surface area (Å²) >= 11 is 3.32. The van der Waals surface area contributed by atoms with E-state index in [2.05, 4.69) is 27.4 Å². The number of aryl methyl sites for hydroxylation is 2. The van der Waals surface area contributed by atoms with E-state index >= 15 is 0 Å². The van der Waals surface area contributed by atoms with E-state index in [0.717, 1.165) is 42.1 Å². The standard InChI is InChI=1S/C16H20N2OS2/c1-12-17-11-15(21-12)16(19)18-9-3-2-5-13(18)7-8-14-6-4-10-20-14/h4,6,10-11,13H,2-3,5,7-9H2,1H3. The van der Waals surface area contributed by atoms with E-state index in [1.807, 2.05) is 18.3 Å². The number of hydrogen-bond acceptors (Lipinski definition) is 4. The van der Waals surface area contributed by atoms with E-state index in [-0.39, 0.29) is 5.91 Å². The zero-order chi connectivity index (χ0) is 14.7. The highest BCUT2D eigenvalue weighted by Crippen LogP contribution is 2.25. The van der Waals surface area contributed by atoms with Crippen molar-refractivity contribution in [1.29, 1.82) is 0 Å². The maximum absolute atomic E-state index is 12.7. The van der Waals surface area contributed by atoms with Crippen LogP contribution in [0, 0.1) is 6.92 Å². The van der Waals surface area contributed by atoms with Crippen LogP contribution >= 0.6 is 22.7 Å². The van der Waals surface area contributed by atoms with E-state index in [1.54, 1.807) is 6.20 Å². The highest BCUT2D eigenvalue weighted by molar-refractivity contribution is 7.13. The van der Waals surface area contributed by atoms with E-state index < -0.39 is 0 Å². The van der Waals surface area contributed by atoms with E-state index in [9.17, 15) is 4.79 Å². The first-order valence-electron chi connectivity index (χ1n) is 7.50. The Morgan fingerprint density at radius 1 is 1.48 bits per heavy atom. The van der Waals surface area contributed by atoms with Gasteiger partial charge in [0.2, 0.25) is 0 Å². The molecular weight excluding hydrogens is 300 g/mol. The summed E-state index contributed by atoms with van der Waals surface area (Å²) in [5.41, 5.74) is 0. The minimum absolute atomic E-state index is 0.177. The molecule has 1 aliphatic heterocycles. The van der Waals surface area contributed by atoms with Gasteiger partial charge in [0.1, 0.15) is 4.88 Å². The zero-order valence-electron chi connectivity index (χ0n) is 12.2. The van der Waals surface area contributed by atoms with Crippen molar-refractivity contribution in [2.45, 2.75) is 45.1 Å². The summed E-state index contributed by atoms with van der Waals surface area (Å²) in [5, 5.41) is 3.09. The fourth-order valence-corrected chi connectivity index (χ4v) is 4.39. The maximum atomic E-state index is 12.7. The number of amides is 1. The fourth-order valence-electron chi connectivity index (χ4n) is 2.93. The lowest BCUT2D eigenvalue weighted by molar-refractivity contribution is 0.0607. The van der Waals surface area contributed by atoms with Gasteiger partial charge in [0.05, 0.1) is 11.2 Å². The molecule has 1 amide bonds. The summed E-state index contributed by atoms with van der Waals surface area (Å²) < 4.78 is 0. The first-order chi connectivity index (χ1) is 10.2. The molecule has 3 heterocycles. The van der Waals surface area contributed by atoms with Crippen LogP contribution in [0.25, 0.3) is 0 Å². The average molecular weight is 320 g/mol. The Morgan fingerprint density at radius 2 is 2.38 bits per heavy atom. The maximum Gasteiger partial charge on any atom is 0.265 e. The molecule has 0 bridgehead atoms. The van der Waals surface area contributed by atoms with Crippen LogP contribution in [-0.4, -0.2) is 28.4 Å². The number of piperidine rings is 1. The SMILES string of the molecule is Cc1ncc(C(=O)N2CCCCC2CCc2cccs2)s1. The summed E-state index contributed by atoms with van der Waals surface area (Å²) in [4.78, 5) is 21.2. The van der Waals surface area contributed by atoms with Crippen molar-refractivity contribution in [3.8, 4) is 0 Å². The Hall–Kier alpha value is -1.20. The molecule has 1 atom stereocenters. The van der Waals surface area contributed by atoms with Crippen LogP contribution < -0.4 is 0 Å². The number of likely N-dealkylation sites (tertiary alicyclic amines) is 1. The number of thiazole rings is 1. The minimum atomic E-state index is 0.177. The van der Waals surface area contributed by atoms with Crippen molar-refractivity contribution in [1.82, 2.24) is 9.88 Å². The van der Waals surface area contributed by atoms with Crippen molar-refractivity contribution in [2.24, 2.45) is 0 Å². The molecule has 3 nitrogen and oxygen atoms in total. The monoisotopic (exact) mass is 320 g/mol. The van der Waals surface area contributed by atoms with Gasteiger partial charge < -0.3 is 4.90 Å². The number of carbonyl (C=O) groups excluding carboxylic acids is 1. The van der Waals surface area contributed by atoms with Gasteiger partial charge in [-0.1, -0.05) is 6.07 Å². The third kappa shape index (κ3) is 3.52. The van der Waals surface area contributed by atoms with Crippen LogP contribution in [0.4, 0.5) is 0 Å². The van der Waals surface area contributed by atoms with Crippen LogP contribution in [0.15, 0.2) is 23.7 Å². The number of thiophene rings is 1. The molecule has 0 radical (unpaired) electrons. The largest absolute Gasteiger partial charge is 0.335 e. The second-order valence-electron chi connectivity index (χ2n) is 5.51. The second kappa shape index (κ2) is 6.71. The van der Waals surface area contributed by atoms with E-state index in [1.165, 1.54) is 22.6 Å². The van der Waals surface area contributed by atoms with Crippen LogP contribution in [0.5, 0.6) is 0 Å². The average Bonchev–Trinajstić information content (AvgIpc) is 3.16. The molecule has 0 aromatic carbocycles. The van der Waals surface area contributed by atoms with Crippen molar-refractivity contribution in [3.05, 3.63) is 38.5 Å². The Bertz CT molecular complexity index is 591. The highest BCUT2D eigenvalue weighted by Gasteiger charge is 2.28. The van der Waals surface area contributed by atoms with Crippen LogP contribution in [-0.2, 0) is 6.42 Å². The predicted molar refractivity (Wildman–Crippen MR) is 88.2 cm³/mol. The van der Waals surface area contributed by atoms with Crippen molar-refractivity contribution in [3.63, 3.8) is 0 Å². The van der Waals surface area contributed by atoms with E-state index in [4.69, 9.17) is 0 Å². The molecule has 0 aliphatic carbocycles. The van der Waals surface area contributed by atoms with Crippen LogP contribution in [0.2, 0.25) is 0 Å². The molecule has 0 spiro atoms. The predicted octanol–water partition coefficient (Wildman–Crippen LogP) is 4.14. The van der Waals surface area contributed by atoms with Gasteiger partial charge in [-0.25, -0.2) is 4.98 Å². The molecule has 1 aliphatic rings. The molecule has 1 fully saturated rings. The first kappa shape index (κ1) is 14.7. The fraction of sp³-hybridized carbons (Fsp3) is 0.500. The van der Waals surface area contributed by atoms with Gasteiger partial charge in [-0.05, 0) is 50.5 Å². The van der Waals surface area contributed by atoms with Gasteiger partial charge in [0.25, 0.3) is 5.91 Å². The molecule has 0 saturated carbocycles. The lowest BCUT2D eigenvalue weighted by atomic mass is 9.97. The first-order valence-corrected chi connectivity index (χ1v) is 9.19. The Balaban J connectivity index is 1.67.